The van der Waals surface area contributed by atoms with Crippen molar-refractivity contribution in [3.8, 4) is 0 Å². The highest BCUT2D eigenvalue weighted by Crippen LogP contribution is 2.25. The Hall–Kier alpha value is -2.64. The predicted octanol–water partition coefficient (Wildman–Crippen LogP) is 2.26. The van der Waals surface area contributed by atoms with Crippen LogP contribution in [0.25, 0.3) is 0 Å². The van der Waals surface area contributed by atoms with Crippen LogP contribution in [0, 0.1) is 12.7 Å². The van der Waals surface area contributed by atoms with Gasteiger partial charge in [0, 0.05) is 63.7 Å². The Labute approximate surface area is 205 Å². The van der Waals surface area contributed by atoms with Gasteiger partial charge < -0.3 is 15.4 Å². The summed E-state index contributed by atoms with van der Waals surface area (Å²) in [6.45, 7) is 4.57. The van der Waals surface area contributed by atoms with Gasteiger partial charge >= 0.3 is 6.03 Å². The van der Waals surface area contributed by atoms with Crippen molar-refractivity contribution in [3.63, 3.8) is 0 Å². The highest BCUT2D eigenvalue weighted by atomic mass is 32.2. The molecule has 1 aromatic carbocycles. The molecule has 4 rings (SSSR count). The van der Waals surface area contributed by atoms with Gasteiger partial charge in [-0.15, -0.1) is 0 Å². The molecule has 2 saturated heterocycles. The maximum Gasteiger partial charge on any atom is 0.323 e. The Kier molecular flexibility index (Phi) is 7.97. The lowest BCUT2D eigenvalue weighted by Gasteiger charge is -2.43. The third-order valence-electron chi connectivity index (χ3n) is 6.26. The molecule has 10 nitrogen and oxygen atoms in total. The highest BCUT2D eigenvalue weighted by molar-refractivity contribution is 7.86. The van der Waals surface area contributed by atoms with Gasteiger partial charge in [-0.2, -0.15) is 17.0 Å². The van der Waals surface area contributed by atoms with E-state index in [1.807, 2.05) is 11.8 Å². The molecule has 2 amide bonds. The van der Waals surface area contributed by atoms with Crippen molar-refractivity contribution in [2.75, 3.05) is 57.1 Å². The van der Waals surface area contributed by atoms with E-state index in [2.05, 4.69) is 15.6 Å². The smallest absolute Gasteiger partial charge is 0.323 e. The maximum atomic E-state index is 15.3. The number of carbonyl (C=O) groups excluding carboxylic acids is 1. The fraction of sp³-hybridized carbons (Fsp3) is 0.478. The molecule has 1 aromatic heterocycles. The summed E-state index contributed by atoms with van der Waals surface area (Å²) >= 11 is 0. The zero-order valence-corrected chi connectivity index (χ0v) is 20.7. The van der Waals surface area contributed by atoms with Crippen LogP contribution in [0.3, 0.4) is 0 Å². The van der Waals surface area contributed by atoms with Gasteiger partial charge in [0.2, 0.25) is 0 Å². The molecule has 0 saturated carbocycles. The first-order valence-electron chi connectivity index (χ1n) is 11.5. The third kappa shape index (κ3) is 5.96. The second-order valence-electron chi connectivity index (χ2n) is 8.74. The Morgan fingerprint density at radius 3 is 2.60 bits per heavy atom. The second-order valence-corrected chi connectivity index (χ2v) is 10.7. The molecule has 0 spiro atoms. The van der Waals surface area contributed by atoms with E-state index in [1.54, 1.807) is 31.4 Å². The molecule has 0 unspecified atom stereocenters. The van der Waals surface area contributed by atoms with E-state index in [0.717, 1.165) is 12.1 Å². The second kappa shape index (κ2) is 11.0. The largest absolute Gasteiger partial charge is 0.383 e. The number of benzene rings is 1. The van der Waals surface area contributed by atoms with Crippen LogP contribution < -0.4 is 10.6 Å². The van der Waals surface area contributed by atoms with Crippen molar-refractivity contribution >= 4 is 27.6 Å². The number of hydrogen-bond donors (Lipinski definition) is 2. The van der Waals surface area contributed by atoms with Gasteiger partial charge in [-0.1, -0.05) is 12.1 Å². The standard InChI is InChI=1S/C23H31FN6O4S/c1-17-7-8-19(13-25-17)26-23(31)27-21-6-3-5-18(22(21)24)14-28-11-12-30(15-20(28)16-34-2)35(32,33)29-9-4-10-29/h3,5-8,13,20H,4,9-12,14-16H2,1-2H3,(H2,26,27,31)/t20-/m0/s1. The number of urea groups is 1. The Balaban J connectivity index is 1.42. The molecule has 2 aliphatic rings. The van der Waals surface area contributed by atoms with Gasteiger partial charge in [0.15, 0.2) is 5.82 Å². The molecule has 3 heterocycles. The summed E-state index contributed by atoms with van der Waals surface area (Å²) in [5, 5.41) is 5.19. The van der Waals surface area contributed by atoms with Crippen molar-refractivity contribution in [2.24, 2.45) is 0 Å². The van der Waals surface area contributed by atoms with Crippen LogP contribution in [0.1, 0.15) is 17.7 Å². The number of rotatable bonds is 8. The minimum absolute atomic E-state index is 0.0577. The van der Waals surface area contributed by atoms with Gasteiger partial charge in [0.1, 0.15) is 0 Å². The number of hydrogen-bond acceptors (Lipinski definition) is 6. The number of halogens is 1. The molecule has 0 aliphatic carbocycles. The minimum atomic E-state index is -3.48. The van der Waals surface area contributed by atoms with E-state index in [9.17, 15) is 13.2 Å². The van der Waals surface area contributed by atoms with Crippen molar-refractivity contribution in [1.29, 1.82) is 0 Å². The van der Waals surface area contributed by atoms with Crippen LogP contribution in [0.15, 0.2) is 36.5 Å². The van der Waals surface area contributed by atoms with E-state index >= 15 is 4.39 Å². The normalized spacial score (nSPS) is 19.8. The van der Waals surface area contributed by atoms with Crippen molar-refractivity contribution in [3.05, 3.63) is 53.6 Å². The number of aromatic nitrogens is 1. The van der Waals surface area contributed by atoms with E-state index in [4.69, 9.17) is 4.74 Å². The first-order valence-corrected chi connectivity index (χ1v) is 12.9. The number of ether oxygens (including phenoxy) is 1. The molecule has 2 N–H and O–H groups in total. The number of pyridine rings is 1. The molecule has 1 atom stereocenters. The molecular weight excluding hydrogens is 475 g/mol. The molecule has 35 heavy (non-hydrogen) atoms. The predicted molar refractivity (Wildman–Crippen MR) is 131 cm³/mol. The molecule has 2 fully saturated rings. The lowest BCUT2D eigenvalue weighted by atomic mass is 10.1. The summed E-state index contributed by atoms with van der Waals surface area (Å²) in [6.07, 6.45) is 2.41. The number of nitrogens with one attached hydrogen (secondary N) is 2. The van der Waals surface area contributed by atoms with Crippen LogP contribution >= 0.6 is 0 Å². The summed E-state index contributed by atoms with van der Waals surface area (Å²) in [7, 11) is -1.91. The van der Waals surface area contributed by atoms with Gasteiger partial charge in [-0.3, -0.25) is 9.88 Å². The fourth-order valence-electron chi connectivity index (χ4n) is 4.16. The first-order chi connectivity index (χ1) is 16.8. The molecule has 2 aliphatic heterocycles. The molecular formula is C23H31FN6O4S. The summed E-state index contributed by atoms with van der Waals surface area (Å²) in [6, 6.07) is 7.52. The fourth-order valence-corrected chi connectivity index (χ4v) is 5.88. The quantitative estimate of drug-likeness (QED) is 0.569. The van der Waals surface area contributed by atoms with Crippen LogP contribution in [-0.4, -0.2) is 85.4 Å². The topological polar surface area (TPSA) is 107 Å². The number of nitrogens with zero attached hydrogens (tertiary/aromatic N) is 4. The summed E-state index contributed by atoms with van der Waals surface area (Å²) in [4.78, 5) is 18.5. The minimum Gasteiger partial charge on any atom is -0.383 e. The van der Waals surface area contributed by atoms with Gasteiger partial charge in [-0.25, -0.2) is 9.18 Å². The van der Waals surface area contributed by atoms with Gasteiger partial charge in [0.25, 0.3) is 10.2 Å². The lowest BCUT2D eigenvalue weighted by molar-refractivity contribution is 0.0425. The SMILES string of the molecule is COC[C@@H]1CN(S(=O)(=O)N2CCC2)CCN1Cc1cccc(NC(=O)Nc2ccc(C)nc2)c1F. The van der Waals surface area contributed by atoms with Crippen LogP contribution in [0.2, 0.25) is 0 Å². The number of carbonyl (C=O) groups is 1. The maximum absolute atomic E-state index is 15.3. The Morgan fingerprint density at radius 1 is 1.14 bits per heavy atom. The van der Waals surface area contributed by atoms with E-state index in [1.165, 1.54) is 20.9 Å². The van der Waals surface area contributed by atoms with Crippen molar-refractivity contribution < 1.29 is 22.3 Å². The van der Waals surface area contributed by atoms with E-state index in [0.29, 0.717) is 44.0 Å². The number of methoxy groups -OCH3 is 1. The van der Waals surface area contributed by atoms with E-state index in [-0.39, 0.29) is 24.8 Å². The number of amides is 2. The van der Waals surface area contributed by atoms with Gasteiger partial charge in [-0.05, 0) is 31.5 Å². The van der Waals surface area contributed by atoms with Gasteiger partial charge in [0.05, 0.1) is 24.2 Å². The molecule has 2 aromatic rings. The molecule has 0 radical (unpaired) electrons. The van der Waals surface area contributed by atoms with Crippen LogP contribution in [0.4, 0.5) is 20.6 Å². The van der Waals surface area contributed by atoms with Crippen molar-refractivity contribution in [1.82, 2.24) is 18.5 Å². The highest BCUT2D eigenvalue weighted by Gasteiger charge is 2.38. The number of aryl methyl sites for hydroxylation is 1. The van der Waals surface area contributed by atoms with Crippen molar-refractivity contribution in [2.45, 2.75) is 25.9 Å². The zero-order chi connectivity index (χ0) is 25.0. The Bertz CT molecular complexity index is 1140. The number of anilines is 2. The zero-order valence-electron chi connectivity index (χ0n) is 19.9. The molecule has 0 bridgehead atoms. The summed E-state index contributed by atoms with van der Waals surface area (Å²) in [5.74, 6) is -0.531. The summed E-state index contributed by atoms with van der Waals surface area (Å²) in [5.41, 5.74) is 1.78. The average molecular weight is 507 g/mol. The first kappa shape index (κ1) is 25.5. The van der Waals surface area contributed by atoms with Crippen LogP contribution in [0.5, 0.6) is 0 Å². The monoisotopic (exact) mass is 506 g/mol. The molecule has 190 valence electrons. The molecule has 12 heteroatoms. The van der Waals surface area contributed by atoms with Crippen LogP contribution in [-0.2, 0) is 21.5 Å². The Morgan fingerprint density at radius 2 is 1.94 bits per heavy atom. The average Bonchev–Trinajstić information content (AvgIpc) is 2.78. The van der Waals surface area contributed by atoms with E-state index < -0.39 is 22.1 Å². The lowest BCUT2D eigenvalue weighted by Crippen LogP contribution is -2.60. The number of piperazine rings is 1. The summed E-state index contributed by atoms with van der Waals surface area (Å²) < 4.78 is 49.2. The third-order valence-corrected chi connectivity index (χ3v) is 8.27.